The first-order valence-electron chi connectivity index (χ1n) is 5.13. The second-order valence-electron chi connectivity index (χ2n) is 3.20. The molecular formula is C12H11Cl2NO3. The average molecular weight is 288 g/mol. The van der Waals surface area contributed by atoms with Gasteiger partial charge in [0.05, 0.1) is 16.7 Å². The molecule has 1 N–H and O–H groups in total. The molecule has 0 unspecified atom stereocenters. The fourth-order valence-corrected chi connectivity index (χ4v) is 1.39. The van der Waals surface area contributed by atoms with E-state index in [2.05, 4.69) is 10.1 Å². The average Bonchev–Trinajstić information content (AvgIpc) is 2.32. The summed E-state index contributed by atoms with van der Waals surface area (Å²) in [7, 11) is 0. The minimum absolute atomic E-state index is 0.261. The van der Waals surface area contributed by atoms with Crippen LogP contribution in [0.5, 0.6) is 0 Å². The van der Waals surface area contributed by atoms with Crippen LogP contribution in [0.4, 0.5) is 5.69 Å². The second-order valence-corrected chi connectivity index (χ2v) is 4.02. The number of carbonyl (C=O) groups excluding carboxylic acids is 2. The van der Waals surface area contributed by atoms with E-state index in [0.29, 0.717) is 15.7 Å². The SMILES string of the molecule is CCOC(=O)/C=C\C(=O)Nc1ccc(Cl)c(Cl)c1. The Kier molecular flexibility index (Phi) is 5.68. The number of hydrogen-bond acceptors (Lipinski definition) is 3. The molecule has 0 saturated heterocycles. The molecule has 0 bridgehead atoms. The Morgan fingerprint density at radius 3 is 2.61 bits per heavy atom. The number of carbonyl (C=O) groups is 2. The second kappa shape index (κ2) is 7.03. The fourth-order valence-electron chi connectivity index (χ4n) is 1.09. The van der Waals surface area contributed by atoms with Gasteiger partial charge in [-0.1, -0.05) is 23.2 Å². The van der Waals surface area contributed by atoms with Gasteiger partial charge in [0, 0.05) is 17.8 Å². The topological polar surface area (TPSA) is 55.4 Å². The molecule has 0 saturated carbocycles. The van der Waals surface area contributed by atoms with E-state index in [-0.39, 0.29) is 6.61 Å². The molecule has 0 aromatic heterocycles. The number of amides is 1. The molecule has 96 valence electrons. The standard InChI is InChI=1S/C12H11Cl2NO3/c1-2-18-12(17)6-5-11(16)15-8-3-4-9(13)10(14)7-8/h3-7H,2H2,1H3,(H,15,16)/b6-5-. The molecule has 1 aromatic rings. The number of esters is 1. The van der Waals surface area contributed by atoms with Crippen LogP contribution in [0.2, 0.25) is 10.0 Å². The van der Waals surface area contributed by atoms with Crippen molar-refractivity contribution in [3.05, 3.63) is 40.4 Å². The number of ether oxygens (including phenoxy) is 1. The maximum absolute atomic E-state index is 11.4. The van der Waals surface area contributed by atoms with Crippen molar-refractivity contribution in [2.24, 2.45) is 0 Å². The zero-order valence-corrected chi connectivity index (χ0v) is 11.1. The van der Waals surface area contributed by atoms with Gasteiger partial charge in [0.2, 0.25) is 5.91 Å². The van der Waals surface area contributed by atoms with Crippen molar-refractivity contribution in [3.63, 3.8) is 0 Å². The van der Waals surface area contributed by atoms with Gasteiger partial charge >= 0.3 is 5.97 Å². The Hall–Kier alpha value is -1.52. The minimum atomic E-state index is -0.568. The quantitative estimate of drug-likeness (QED) is 0.684. The third-order valence-electron chi connectivity index (χ3n) is 1.84. The summed E-state index contributed by atoms with van der Waals surface area (Å²) in [6.45, 7) is 1.94. The van der Waals surface area contributed by atoms with Gasteiger partial charge in [0.1, 0.15) is 0 Å². The van der Waals surface area contributed by atoms with Crippen LogP contribution >= 0.6 is 23.2 Å². The zero-order valence-electron chi connectivity index (χ0n) is 9.57. The Morgan fingerprint density at radius 1 is 1.28 bits per heavy atom. The number of halogens is 2. The highest BCUT2D eigenvalue weighted by Gasteiger charge is 2.02. The lowest BCUT2D eigenvalue weighted by Gasteiger charge is -2.03. The van der Waals surface area contributed by atoms with Gasteiger partial charge in [0.15, 0.2) is 0 Å². The Labute approximate surface area is 115 Å². The predicted octanol–water partition coefficient (Wildman–Crippen LogP) is 3.05. The van der Waals surface area contributed by atoms with Crippen molar-refractivity contribution < 1.29 is 14.3 Å². The van der Waals surface area contributed by atoms with Crippen LogP contribution in [0, 0.1) is 0 Å². The van der Waals surface area contributed by atoms with E-state index in [0.717, 1.165) is 12.2 Å². The molecule has 1 aromatic carbocycles. The molecule has 1 rings (SSSR count). The third kappa shape index (κ3) is 4.77. The lowest BCUT2D eigenvalue weighted by Crippen LogP contribution is -2.09. The summed E-state index contributed by atoms with van der Waals surface area (Å²) in [6, 6.07) is 4.68. The zero-order chi connectivity index (χ0) is 13.5. The monoisotopic (exact) mass is 287 g/mol. The predicted molar refractivity (Wildman–Crippen MR) is 70.9 cm³/mol. The van der Waals surface area contributed by atoms with E-state index in [1.807, 2.05) is 0 Å². The molecule has 1 amide bonds. The summed E-state index contributed by atoms with van der Waals surface area (Å²) in [5.74, 6) is -1.02. The van der Waals surface area contributed by atoms with Crippen molar-refractivity contribution in [2.45, 2.75) is 6.92 Å². The van der Waals surface area contributed by atoms with Gasteiger partial charge in [-0.2, -0.15) is 0 Å². The molecule has 0 fully saturated rings. The molecule has 0 spiro atoms. The first kappa shape index (κ1) is 14.5. The fraction of sp³-hybridized carbons (Fsp3) is 0.167. The molecule has 0 aliphatic carbocycles. The molecule has 0 aliphatic rings. The first-order chi connectivity index (χ1) is 8.52. The molecule has 0 radical (unpaired) electrons. The maximum atomic E-state index is 11.4. The summed E-state index contributed by atoms with van der Waals surface area (Å²) >= 11 is 11.5. The first-order valence-corrected chi connectivity index (χ1v) is 5.89. The number of benzene rings is 1. The van der Waals surface area contributed by atoms with Crippen LogP contribution in [0.15, 0.2) is 30.4 Å². The molecule has 18 heavy (non-hydrogen) atoms. The summed E-state index contributed by atoms with van der Waals surface area (Å²) in [4.78, 5) is 22.4. The van der Waals surface area contributed by atoms with E-state index in [9.17, 15) is 9.59 Å². The van der Waals surface area contributed by atoms with Crippen LogP contribution in [-0.4, -0.2) is 18.5 Å². The van der Waals surface area contributed by atoms with Gasteiger partial charge in [-0.15, -0.1) is 0 Å². The Balaban J connectivity index is 2.59. The lowest BCUT2D eigenvalue weighted by molar-refractivity contribution is -0.137. The van der Waals surface area contributed by atoms with Crippen LogP contribution in [-0.2, 0) is 14.3 Å². The highest BCUT2D eigenvalue weighted by atomic mass is 35.5. The van der Waals surface area contributed by atoms with Crippen LogP contribution in [0.25, 0.3) is 0 Å². The Morgan fingerprint density at radius 2 is 2.00 bits per heavy atom. The number of nitrogens with one attached hydrogen (secondary N) is 1. The highest BCUT2D eigenvalue weighted by Crippen LogP contribution is 2.24. The van der Waals surface area contributed by atoms with E-state index >= 15 is 0 Å². The largest absolute Gasteiger partial charge is 0.463 e. The van der Waals surface area contributed by atoms with Crippen molar-refractivity contribution in [3.8, 4) is 0 Å². The van der Waals surface area contributed by atoms with Crippen LogP contribution in [0.3, 0.4) is 0 Å². The third-order valence-corrected chi connectivity index (χ3v) is 2.58. The Bertz CT molecular complexity index is 486. The molecule has 4 nitrogen and oxygen atoms in total. The molecule has 0 aliphatic heterocycles. The molecule has 0 heterocycles. The van der Waals surface area contributed by atoms with E-state index < -0.39 is 11.9 Å². The van der Waals surface area contributed by atoms with Crippen LogP contribution in [0.1, 0.15) is 6.92 Å². The van der Waals surface area contributed by atoms with Gasteiger partial charge in [-0.3, -0.25) is 4.79 Å². The molecule has 6 heteroatoms. The smallest absolute Gasteiger partial charge is 0.330 e. The van der Waals surface area contributed by atoms with Gasteiger partial charge in [0.25, 0.3) is 0 Å². The number of rotatable bonds is 4. The summed E-state index contributed by atoms with van der Waals surface area (Å²) in [5.41, 5.74) is 0.489. The highest BCUT2D eigenvalue weighted by molar-refractivity contribution is 6.42. The molecular weight excluding hydrogens is 277 g/mol. The van der Waals surface area contributed by atoms with Crippen molar-refractivity contribution in [1.29, 1.82) is 0 Å². The van der Waals surface area contributed by atoms with Gasteiger partial charge in [-0.05, 0) is 25.1 Å². The van der Waals surface area contributed by atoms with Gasteiger partial charge in [-0.25, -0.2) is 4.79 Å². The van der Waals surface area contributed by atoms with E-state index in [1.165, 1.54) is 6.07 Å². The normalized spacial score (nSPS) is 10.4. The minimum Gasteiger partial charge on any atom is -0.463 e. The lowest BCUT2D eigenvalue weighted by atomic mass is 10.3. The van der Waals surface area contributed by atoms with Crippen LogP contribution < -0.4 is 5.32 Å². The number of hydrogen-bond donors (Lipinski definition) is 1. The maximum Gasteiger partial charge on any atom is 0.330 e. The summed E-state index contributed by atoms with van der Waals surface area (Å²) in [6.07, 6.45) is 2.14. The van der Waals surface area contributed by atoms with Gasteiger partial charge < -0.3 is 10.1 Å². The van der Waals surface area contributed by atoms with E-state index in [4.69, 9.17) is 23.2 Å². The van der Waals surface area contributed by atoms with E-state index in [1.54, 1.807) is 19.1 Å². The number of anilines is 1. The van der Waals surface area contributed by atoms with Crippen molar-refractivity contribution in [1.82, 2.24) is 0 Å². The molecule has 0 atom stereocenters. The summed E-state index contributed by atoms with van der Waals surface area (Å²) in [5, 5.41) is 3.27. The van der Waals surface area contributed by atoms with Crippen molar-refractivity contribution in [2.75, 3.05) is 11.9 Å². The summed E-state index contributed by atoms with van der Waals surface area (Å²) < 4.78 is 4.63. The van der Waals surface area contributed by atoms with Crippen molar-refractivity contribution >= 4 is 40.8 Å².